The lowest BCUT2D eigenvalue weighted by molar-refractivity contribution is 0.473. The summed E-state index contributed by atoms with van der Waals surface area (Å²) in [4.78, 5) is 17.5. The second kappa shape index (κ2) is 14.5. The van der Waals surface area contributed by atoms with Gasteiger partial charge in [-0.1, -0.05) is 24.3 Å². The number of aromatic amines is 2. The Bertz CT molecular complexity index is 2770. The van der Waals surface area contributed by atoms with E-state index in [4.69, 9.17) is 19.4 Å². The van der Waals surface area contributed by atoms with E-state index in [0.29, 0.717) is 0 Å². The molecule has 3 aromatic heterocycles. The lowest BCUT2D eigenvalue weighted by Crippen LogP contribution is -2.34. The molecule has 0 saturated carbocycles. The van der Waals surface area contributed by atoms with Crippen LogP contribution < -0.4 is 18.4 Å². The van der Waals surface area contributed by atoms with Crippen molar-refractivity contribution in [3.63, 3.8) is 0 Å². The maximum absolute atomic E-state index is 6.24. The molecule has 0 saturated heterocycles. The molecule has 8 heteroatoms. The third-order valence-electron chi connectivity index (χ3n) is 10.4. The highest BCUT2D eigenvalue weighted by Gasteiger charge is 2.17. The van der Waals surface area contributed by atoms with Gasteiger partial charge in [-0.25, -0.2) is 9.97 Å². The van der Waals surface area contributed by atoms with Crippen LogP contribution in [0.15, 0.2) is 133 Å². The van der Waals surface area contributed by atoms with Crippen molar-refractivity contribution in [2.24, 2.45) is 0 Å². The Balaban J connectivity index is 1.08. The van der Waals surface area contributed by atoms with Crippen LogP contribution in [0.25, 0.3) is 68.6 Å². The van der Waals surface area contributed by atoms with Gasteiger partial charge in [-0.3, -0.25) is 8.97 Å². The molecule has 2 aliphatic heterocycles. The number of hydrogen-bond donors (Lipinski definition) is 2. The van der Waals surface area contributed by atoms with Gasteiger partial charge in [-0.05, 0) is 120 Å². The number of nitrogens with zero attached hydrogens (tertiary/aromatic N) is 4. The second-order valence-corrected chi connectivity index (χ2v) is 16.5. The Morgan fingerprint density at radius 3 is 1.14 bits per heavy atom. The zero-order valence-electron chi connectivity index (χ0n) is 33.6. The van der Waals surface area contributed by atoms with Gasteiger partial charge in [0.25, 0.3) is 0 Å². The van der Waals surface area contributed by atoms with E-state index in [2.05, 4.69) is 161 Å². The number of H-pyrrole nitrogens is 2. The van der Waals surface area contributed by atoms with E-state index in [0.717, 1.165) is 99.1 Å². The summed E-state index contributed by atoms with van der Waals surface area (Å²) in [6, 6.07) is 45.5. The average molecular weight is 763 g/mol. The van der Waals surface area contributed by atoms with E-state index in [1.54, 1.807) is 0 Å². The molecular formula is C50H46N6O2+2. The number of quaternary nitrogens is 2. The van der Waals surface area contributed by atoms with E-state index in [1.165, 1.54) is 11.4 Å². The molecule has 8 bridgehead atoms. The third-order valence-corrected chi connectivity index (χ3v) is 10.4. The Hall–Kier alpha value is -7.00. The summed E-state index contributed by atoms with van der Waals surface area (Å²) in [5.41, 5.74) is 13.7. The molecule has 4 aromatic carbocycles. The van der Waals surface area contributed by atoms with E-state index in [-0.39, 0.29) is 0 Å². The predicted molar refractivity (Wildman–Crippen MR) is 242 cm³/mol. The number of fused-ring (bicyclic) bond motifs is 8. The molecule has 0 aliphatic carbocycles. The van der Waals surface area contributed by atoms with Gasteiger partial charge in [-0.15, -0.1) is 0 Å². The zero-order valence-corrected chi connectivity index (χ0v) is 33.6. The molecule has 286 valence electrons. The maximum Gasteiger partial charge on any atom is 0.132 e. The summed E-state index contributed by atoms with van der Waals surface area (Å²) < 4.78 is 14.0. The van der Waals surface area contributed by atoms with Gasteiger partial charge in [-0.2, -0.15) is 0 Å². The number of hydrogen-bond acceptors (Lipinski definition) is 4. The Labute approximate surface area is 338 Å². The standard InChI is InChI=1S/C50H46N6O2/c1-55(2,3)39-15-23-43(24-16-39)57-41-19-7-33(8-20-41)49-45-27-11-35(51-45)31-37-13-29-47(53-37)50(48-30-14-38(54-48)32-36-12-28-46(49)52-36)34-9-21-42(22-10-34)58-44-25-17-40(18-26-44)56(4,5)6/h7-32,51-52H,1-6H3/q+2. The zero-order chi connectivity index (χ0) is 40.0. The number of ether oxygens (including phenoxy) is 2. The summed E-state index contributed by atoms with van der Waals surface area (Å²) in [6.07, 6.45) is 8.24. The molecule has 2 aliphatic rings. The fraction of sp³-hybridized carbons (Fsp3) is 0.120. The van der Waals surface area contributed by atoms with Crippen LogP contribution in [-0.2, 0) is 0 Å². The van der Waals surface area contributed by atoms with Crippen LogP contribution in [0.4, 0.5) is 11.4 Å². The van der Waals surface area contributed by atoms with Crippen LogP contribution in [-0.4, -0.2) is 62.2 Å². The first kappa shape index (κ1) is 36.6. The molecule has 58 heavy (non-hydrogen) atoms. The lowest BCUT2D eigenvalue weighted by atomic mass is 10.0. The topological polar surface area (TPSA) is 75.8 Å². The molecule has 5 heterocycles. The van der Waals surface area contributed by atoms with E-state index < -0.39 is 0 Å². The van der Waals surface area contributed by atoms with Crippen molar-refractivity contribution in [2.75, 3.05) is 42.3 Å². The molecule has 0 unspecified atom stereocenters. The largest absolute Gasteiger partial charge is 0.457 e. The summed E-state index contributed by atoms with van der Waals surface area (Å²) in [5, 5.41) is 0. The van der Waals surface area contributed by atoms with Crippen molar-refractivity contribution < 1.29 is 9.47 Å². The average Bonchev–Trinajstić information content (AvgIpc) is 4.04. The molecule has 0 radical (unpaired) electrons. The summed E-state index contributed by atoms with van der Waals surface area (Å²) in [7, 11) is 12.9. The highest BCUT2D eigenvalue weighted by Crippen LogP contribution is 2.35. The Morgan fingerprint density at radius 2 is 0.759 bits per heavy atom. The molecule has 9 rings (SSSR count). The third kappa shape index (κ3) is 7.71. The molecule has 8 nitrogen and oxygen atoms in total. The van der Waals surface area contributed by atoms with Crippen LogP contribution in [0.1, 0.15) is 22.8 Å². The number of aromatic nitrogens is 4. The van der Waals surface area contributed by atoms with Gasteiger partial charge in [0.05, 0.1) is 65.1 Å². The number of rotatable bonds is 8. The van der Waals surface area contributed by atoms with E-state index in [9.17, 15) is 0 Å². The van der Waals surface area contributed by atoms with E-state index >= 15 is 0 Å². The molecule has 0 atom stereocenters. The molecule has 2 N–H and O–H groups in total. The first-order chi connectivity index (χ1) is 27.9. The monoisotopic (exact) mass is 762 g/mol. The molecule has 0 spiro atoms. The second-order valence-electron chi connectivity index (χ2n) is 16.5. The Morgan fingerprint density at radius 1 is 0.397 bits per heavy atom. The van der Waals surface area contributed by atoms with Crippen LogP contribution in [0.3, 0.4) is 0 Å². The SMILES string of the molecule is C[N+](C)(C)c1ccc(Oc2ccc(-c3c4nc(cc5ccc([nH]5)c(-c5ccc(Oc6ccc([N+](C)(C)C)cc6)cc5)c5ccc(cc6nc3C=C6)[nH]5)C=C4)cc2)cc1. The Kier molecular flexibility index (Phi) is 9.15. The quantitative estimate of drug-likeness (QED) is 0.151. The summed E-state index contributed by atoms with van der Waals surface area (Å²) in [5.74, 6) is 3.13. The molecule has 7 aromatic rings. The maximum atomic E-state index is 6.24. The van der Waals surface area contributed by atoms with Gasteiger partial charge in [0.2, 0.25) is 0 Å². The van der Waals surface area contributed by atoms with Crippen LogP contribution in [0.2, 0.25) is 0 Å². The highest BCUT2D eigenvalue weighted by atomic mass is 16.5. The van der Waals surface area contributed by atoms with Gasteiger partial charge in [0.15, 0.2) is 0 Å². The van der Waals surface area contributed by atoms with Crippen molar-refractivity contribution in [1.82, 2.24) is 28.9 Å². The molecule has 0 fully saturated rings. The summed E-state index contributed by atoms with van der Waals surface area (Å²) in [6.45, 7) is 0. The molecular weight excluding hydrogens is 717 g/mol. The lowest BCUT2D eigenvalue weighted by Gasteiger charge is -2.23. The normalized spacial score (nSPS) is 12.5. The minimum Gasteiger partial charge on any atom is -0.457 e. The van der Waals surface area contributed by atoms with Crippen molar-refractivity contribution in [1.29, 1.82) is 0 Å². The first-order valence-corrected chi connectivity index (χ1v) is 19.4. The first-order valence-electron chi connectivity index (χ1n) is 19.4. The molecule has 0 amide bonds. The minimum absolute atomic E-state index is 0.746. The fourth-order valence-corrected chi connectivity index (χ4v) is 7.26. The van der Waals surface area contributed by atoms with Gasteiger partial charge in [0, 0.05) is 57.5 Å². The van der Waals surface area contributed by atoms with Crippen molar-refractivity contribution in [3.8, 4) is 45.3 Å². The number of benzene rings is 4. The van der Waals surface area contributed by atoms with Gasteiger partial charge < -0.3 is 19.4 Å². The van der Waals surface area contributed by atoms with E-state index in [1.807, 2.05) is 48.5 Å². The fourth-order valence-electron chi connectivity index (χ4n) is 7.26. The van der Waals surface area contributed by atoms with Gasteiger partial charge >= 0.3 is 0 Å². The van der Waals surface area contributed by atoms with Crippen LogP contribution in [0, 0.1) is 0 Å². The highest BCUT2D eigenvalue weighted by molar-refractivity contribution is 5.94. The van der Waals surface area contributed by atoms with Crippen molar-refractivity contribution >= 4 is 57.7 Å². The van der Waals surface area contributed by atoms with Crippen LogP contribution >= 0.6 is 0 Å². The van der Waals surface area contributed by atoms with Crippen LogP contribution in [0.5, 0.6) is 23.0 Å². The summed E-state index contributed by atoms with van der Waals surface area (Å²) >= 11 is 0. The van der Waals surface area contributed by atoms with Crippen molar-refractivity contribution in [2.45, 2.75) is 0 Å². The van der Waals surface area contributed by atoms with Gasteiger partial charge in [0.1, 0.15) is 34.4 Å². The van der Waals surface area contributed by atoms with Crippen molar-refractivity contribution in [3.05, 3.63) is 156 Å². The smallest absolute Gasteiger partial charge is 0.132 e. The predicted octanol–water partition coefficient (Wildman–Crippen LogP) is 12.0. The minimum atomic E-state index is 0.746. The number of nitrogens with one attached hydrogen (secondary N) is 2.